The van der Waals surface area contributed by atoms with Crippen molar-refractivity contribution in [3.05, 3.63) is 56.4 Å². The molecule has 2 N–H and O–H groups in total. The number of hydrogen-bond donors (Lipinski definition) is 2. The maximum atomic E-state index is 12.1. The van der Waals surface area contributed by atoms with Crippen LogP contribution in [0.25, 0.3) is 10.9 Å². The molecule has 3 rings (SSSR count). The van der Waals surface area contributed by atoms with Crippen LogP contribution in [-0.4, -0.2) is 24.1 Å². The summed E-state index contributed by atoms with van der Waals surface area (Å²) in [5.41, 5.74) is 2.52. The number of aromatic nitrogens is 2. The molecule has 6 heteroatoms. The number of aromatic amines is 1. The molecule has 2 aromatic carbocycles. The van der Waals surface area contributed by atoms with E-state index in [2.05, 4.69) is 37.9 Å². The van der Waals surface area contributed by atoms with E-state index in [4.69, 9.17) is 0 Å². The van der Waals surface area contributed by atoms with Gasteiger partial charge in [-0.3, -0.25) is 9.78 Å². The average molecular weight is 406 g/mol. The van der Waals surface area contributed by atoms with Crippen molar-refractivity contribution >= 4 is 50.8 Å². The van der Waals surface area contributed by atoms with Crippen molar-refractivity contribution < 1.29 is 0 Å². The molecule has 1 heterocycles. The molecule has 0 amide bonds. The van der Waals surface area contributed by atoms with Gasteiger partial charge in [-0.15, -0.1) is 0 Å². The Morgan fingerprint density at radius 2 is 1.86 bits per heavy atom. The highest BCUT2D eigenvalue weighted by Crippen LogP contribution is 2.19. The van der Waals surface area contributed by atoms with E-state index < -0.39 is 0 Å². The van der Waals surface area contributed by atoms with Gasteiger partial charge in [0.1, 0.15) is 0 Å². The third kappa shape index (κ3) is 3.06. The molecule has 0 fully saturated rings. The van der Waals surface area contributed by atoms with Crippen LogP contribution < -0.4 is 15.8 Å². The van der Waals surface area contributed by atoms with Crippen LogP contribution in [0.2, 0.25) is 0 Å². The predicted molar refractivity (Wildman–Crippen MR) is 99.1 cm³/mol. The number of anilines is 3. The maximum absolute atomic E-state index is 12.1. The van der Waals surface area contributed by atoms with Crippen molar-refractivity contribution in [3.8, 4) is 0 Å². The summed E-state index contributed by atoms with van der Waals surface area (Å²) in [6, 6.07) is 13.5. The van der Waals surface area contributed by atoms with Gasteiger partial charge in [-0.05, 0) is 65.1 Å². The minimum absolute atomic E-state index is 0.143. The topological polar surface area (TPSA) is 61.0 Å². The maximum Gasteiger partial charge on any atom is 0.260 e. The minimum atomic E-state index is -0.143. The molecule has 5 nitrogen and oxygen atoms in total. The number of nitrogens with one attached hydrogen (secondary N) is 2. The van der Waals surface area contributed by atoms with E-state index in [-0.39, 0.29) is 5.56 Å². The first-order valence-corrected chi connectivity index (χ1v) is 7.85. The fraction of sp³-hybridized carbons (Fsp3) is 0.125. The van der Waals surface area contributed by atoms with Crippen molar-refractivity contribution in [1.82, 2.24) is 9.97 Å². The lowest BCUT2D eigenvalue weighted by Gasteiger charge is -2.13. The van der Waals surface area contributed by atoms with Gasteiger partial charge in [-0.1, -0.05) is 0 Å². The van der Waals surface area contributed by atoms with E-state index >= 15 is 0 Å². The molecule has 22 heavy (non-hydrogen) atoms. The second kappa shape index (κ2) is 5.96. The number of halogens is 1. The molecule has 0 unspecified atom stereocenters. The molecule has 1 aromatic heterocycles. The highest BCUT2D eigenvalue weighted by Gasteiger charge is 2.05. The quantitative estimate of drug-likeness (QED) is 0.656. The molecule has 0 aliphatic heterocycles. The molecule has 0 bridgehead atoms. The van der Waals surface area contributed by atoms with Crippen LogP contribution >= 0.6 is 22.6 Å². The largest absolute Gasteiger partial charge is 0.378 e. The third-order valence-corrected chi connectivity index (χ3v) is 3.98. The van der Waals surface area contributed by atoms with Gasteiger partial charge in [0.2, 0.25) is 5.95 Å². The van der Waals surface area contributed by atoms with Crippen LogP contribution in [0.15, 0.2) is 47.3 Å². The zero-order valence-corrected chi connectivity index (χ0v) is 14.4. The molecule has 0 spiro atoms. The Morgan fingerprint density at radius 3 is 2.55 bits per heavy atom. The van der Waals surface area contributed by atoms with Gasteiger partial charge >= 0.3 is 0 Å². The number of H-pyrrole nitrogens is 1. The second-order valence-electron chi connectivity index (χ2n) is 5.14. The molecular weight excluding hydrogens is 391 g/mol. The monoisotopic (exact) mass is 406 g/mol. The Morgan fingerprint density at radius 1 is 1.14 bits per heavy atom. The van der Waals surface area contributed by atoms with Crippen LogP contribution in [0.3, 0.4) is 0 Å². The average Bonchev–Trinajstić information content (AvgIpc) is 2.49. The number of nitrogens with zero attached hydrogens (tertiary/aromatic N) is 2. The summed E-state index contributed by atoms with van der Waals surface area (Å²) in [5, 5.41) is 3.73. The molecule has 0 aliphatic rings. The van der Waals surface area contributed by atoms with E-state index in [9.17, 15) is 4.79 Å². The van der Waals surface area contributed by atoms with Gasteiger partial charge in [0.15, 0.2) is 0 Å². The summed E-state index contributed by atoms with van der Waals surface area (Å²) in [5.74, 6) is 0.441. The van der Waals surface area contributed by atoms with E-state index in [1.54, 1.807) is 0 Å². The van der Waals surface area contributed by atoms with Gasteiger partial charge in [0.25, 0.3) is 5.56 Å². The van der Waals surface area contributed by atoms with E-state index in [1.165, 1.54) is 0 Å². The Hall–Kier alpha value is -2.09. The van der Waals surface area contributed by atoms with Gasteiger partial charge in [0, 0.05) is 29.0 Å². The predicted octanol–water partition coefficient (Wildman–Crippen LogP) is 3.34. The minimum Gasteiger partial charge on any atom is -0.378 e. The lowest BCUT2D eigenvalue weighted by Crippen LogP contribution is -2.11. The van der Waals surface area contributed by atoms with Crippen molar-refractivity contribution in [2.75, 3.05) is 24.3 Å². The van der Waals surface area contributed by atoms with Crippen molar-refractivity contribution in [2.24, 2.45) is 0 Å². The van der Waals surface area contributed by atoms with E-state index in [1.807, 2.05) is 61.5 Å². The van der Waals surface area contributed by atoms with Crippen LogP contribution in [0.4, 0.5) is 17.3 Å². The summed E-state index contributed by atoms with van der Waals surface area (Å²) in [7, 11) is 3.98. The van der Waals surface area contributed by atoms with E-state index in [0.29, 0.717) is 16.9 Å². The first-order chi connectivity index (χ1) is 10.5. The Bertz CT molecular complexity index is 871. The zero-order chi connectivity index (χ0) is 15.7. The molecule has 3 aromatic rings. The molecule has 0 radical (unpaired) electrons. The molecule has 0 aliphatic carbocycles. The van der Waals surface area contributed by atoms with Crippen molar-refractivity contribution in [2.45, 2.75) is 0 Å². The zero-order valence-electron chi connectivity index (χ0n) is 12.2. The smallest absolute Gasteiger partial charge is 0.260 e. The highest BCUT2D eigenvalue weighted by atomic mass is 127. The van der Waals surface area contributed by atoms with Crippen LogP contribution in [0.1, 0.15) is 0 Å². The number of hydrogen-bond acceptors (Lipinski definition) is 4. The Kier molecular flexibility index (Phi) is 4.02. The number of benzene rings is 2. The molecule has 0 atom stereocenters. The summed E-state index contributed by atoms with van der Waals surface area (Å²) in [6.07, 6.45) is 0. The SMILES string of the molecule is CN(C)c1ccc(Nc2nc3ccc(I)cc3c(=O)[nH]2)cc1. The summed E-state index contributed by atoms with van der Waals surface area (Å²) in [6.45, 7) is 0. The Balaban J connectivity index is 1.94. The number of rotatable bonds is 3. The van der Waals surface area contributed by atoms with Crippen molar-refractivity contribution in [1.29, 1.82) is 0 Å². The van der Waals surface area contributed by atoms with Crippen LogP contribution in [-0.2, 0) is 0 Å². The van der Waals surface area contributed by atoms with Gasteiger partial charge < -0.3 is 10.2 Å². The molecule has 112 valence electrons. The van der Waals surface area contributed by atoms with Gasteiger partial charge in [-0.2, -0.15) is 0 Å². The lowest BCUT2D eigenvalue weighted by molar-refractivity contribution is 1.13. The lowest BCUT2D eigenvalue weighted by atomic mass is 10.2. The first kappa shape index (κ1) is 14.8. The van der Waals surface area contributed by atoms with E-state index in [0.717, 1.165) is 14.9 Å². The molecular formula is C16H15IN4O. The standard InChI is InChI=1S/C16H15IN4O/c1-21(2)12-6-4-11(5-7-12)18-16-19-14-8-3-10(17)9-13(14)15(22)20-16/h3-9H,1-2H3,(H2,18,19,20,22). The highest BCUT2D eigenvalue weighted by molar-refractivity contribution is 14.1. The second-order valence-corrected chi connectivity index (χ2v) is 6.39. The summed E-state index contributed by atoms with van der Waals surface area (Å²) >= 11 is 2.18. The third-order valence-electron chi connectivity index (χ3n) is 3.31. The van der Waals surface area contributed by atoms with Crippen molar-refractivity contribution in [3.63, 3.8) is 0 Å². The van der Waals surface area contributed by atoms with Crippen LogP contribution in [0.5, 0.6) is 0 Å². The van der Waals surface area contributed by atoms with Crippen LogP contribution in [0, 0.1) is 3.57 Å². The summed E-state index contributed by atoms with van der Waals surface area (Å²) < 4.78 is 1.01. The van der Waals surface area contributed by atoms with Gasteiger partial charge in [0.05, 0.1) is 10.9 Å². The first-order valence-electron chi connectivity index (χ1n) is 6.77. The molecule has 0 saturated heterocycles. The Labute approximate surface area is 141 Å². The number of fused-ring (bicyclic) bond motifs is 1. The fourth-order valence-electron chi connectivity index (χ4n) is 2.15. The molecule has 0 saturated carbocycles. The normalized spacial score (nSPS) is 10.7. The summed E-state index contributed by atoms with van der Waals surface area (Å²) in [4.78, 5) is 21.4. The van der Waals surface area contributed by atoms with Gasteiger partial charge in [-0.25, -0.2) is 4.98 Å². The fourth-order valence-corrected chi connectivity index (χ4v) is 2.64.